The molecule has 1 saturated heterocycles. The number of nitrogens with two attached hydrogens (primary N) is 1. The van der Waals surface area contributed by atoms with E-state index in [4.69, 9.17) is 5.73 Å². The predicted molar refractivity (Wildman–Crippen MR) is 86.4 cm³/mol. The molecular formula is C18H26N2O. The SMILES string of the molecule is Cc1cc(C)c(C(=O)N2CCC3(CCCC3)CC2)cc1N. The summed E-state index contributed by atoms with van der Waals surface area (Å²) >= 11 is 0. The summed E-state index contributed by atoms with van der Waals surface area (Å²) in [5.41, 5.74) is 10.1. The molecule has 3 heteroatoms. The third-order valence-electron chi connectivity index (χ3n) is 5.62. The van der Waals surface area contributed by atoms with Crippen LogP contribution in [-0.4, -0.2) is 23.9 Å². The van der Waals surface area contributed by atoms with Crippen LogP contribution in [0.2, 0.25) is 0 Å². The molecule has 0 radical (unpaired) electrons. The minimum atomic E-state index is 0.159. The summed E-state index contributed by atoms with van der Waals surface area (Å²) in [6, 6.07) is 3.87. The van der Waals surface area contributed by atoms with Gasteiger partial charge in [0.15, 0.2) is 0 Å². The maximum atomic E-state index is 12.8. The van der Waals surface area contributed by atoms with Crippen LogP contribution in [0.3, 0.4) is 0 Å². The van der Waals surface area contributed by atoms with E-state index in [0.29, 0.717) is 11.1 Å². The van der Waals surface area contributed by atoms with Gasteiger partial charge >= 0.3 is 0 Å². The lowest BCUT2D eigenvalue weighted by Gasteiger charge is -2.39. The topological polar surface area (TPSA) is 46.3 Å². The van der Waals surface area contributed by atoms with Gasteiger partial charge in [-0.15, -0.1) is 0 Å². The number of aryl methyl sites for hydroxylation is 2. The molecule has 1 amide bonds. The van der Waals surface area contributed by atoms with Crippen LogP contribution in [0.1, 0.15) is 60.0 Å². The van der Waals surface area contributed by atoms with Gasteiger partial charge in [0, 0.05) is 24.3 Å². The third-order valence-corrected chi connectivity index (χ3v) is 5.62. The van der Waals surface area contributed by atoms with E-state index in [1.54, 1.807) is 0 Å². The van der Waals surface area contributed by atoms with Gasteiger partial charge in [-0.2, -0.15) is 0 Å². The Hall–Kier alpha value is -1.51. The Morgan fingerprint density at radius 2 is 1.67 bits per heavy atom. The fraction of sp³-hybridized carbons (Fsp3) is 0.611. The van der Waals surface area contributed by atoms with Crippen molar-refractivity contribution in [3.8, 4) is 0 Å². The van der Waals surface area contributed by atoms with Gasteiger partial charge < -0.3 is 10.6 Å². The van der Waals surface area contributed by atoms with E-state index in [0.717, 1.165) is 29.8 Å². The number of carbonyl (C=O) groups is 1. The summed E-state index contributed by atoms with van der Waals surface area (Å²) in [5, 5.41) is 0. The van der Waals surface area contributed by atoms with Crippen LogP contribution in [0.5, 0.6) is 0 Å². The van der Waals surface area contributed by atoms with Crippen LogP contribution in [-0.2, 0) is 0 Å². The highest BCUT2D eigenvalue weighted by Gasteiger charge is 2.38. The summed E-state index contributed by atoms with van der Waals surface area (Å²) < 4.78 is 0. The molecule has 2 N–H and O–H groups in total. The van der Waals surface area contributed by atoms with Crippen LogP contribution >= 0.6 is 0 Å². The van der Waals surface area contributed by atoms with Crippen molar-refractivity contribution in [2.45, 2.75) is 52.4 Å². The number of hydrogen-bond donors (Lipinski definition) is 1. The van der Waals surface area contributed by atoms with E-state index in [-0.39, 0.29) is 5.91 Å². The lowest BCUT2D eigenvalue weighted by atomic mass is 9.77. The van der Waals surface area contributed by atoms with Crippen molar-refractivity contribution >= 4 is 11.6 Å². The molecule has 1 aliphatic carbocycles. The van der Waals surface area contributed by atoms with E-state index in [1.165, 1.54) is 38.5 Å². The molecule has 1 saturated carbocycles. The molecule has 1 heterocycles. The van der Waals surface area contributed by atoms with Gasteiger partial charge in [0.25, 0.3) is 5.91 Å². The van der Waals surface area contributed by atoms with Gasteiger partial charge in [-0.1, -0.05) is 18.9 Å². The first-order valence-corrected chi connectivity index (χ1v) is 8.17. The van der Waals surface area contributed by atoms with Gasteiger partial charge in [-0.05, 0) is 62.1 Å². The molecule has 0 aromatic heterocycles. The van der Waals surface area contributed by atoms with Gasteiger partial charge in [0.2, 0.25) is 0 Å². The van der Waals surface area contributed by atoms with E-state index < -0.39 is 0 Å². The first-order valence-electron chi connectivity index (χ1n) is 8.17. The lowest BCUT2D eigenvalue weighted by molar-refractivity contribution is 0.0587. The molecule has 114 valence electrons. The maximum absolute atomic E-state index is 12.8. The highest BCUT2D eigenvalue weighted by Crippen LogP contribution is 2.46. The smallest absolute Gasteiger partial charge is 0.254 e. The Balaban J connectivity index is 1.73. The minimum Gasteiger partial charge on any atom is -0.398 e. The number of benzene rings is 1. The van der Waals surface area contributed by atoms with E-state index in [2.05, 4.69) is 0 Å². The molecule has 2 aliphatic rings. The van der Waals surface area contributed by atoms with Crippen LogP contribution in [0.25, 0.3) is 0 Å². The van der Waals surface area contributed by atoms with Gasteiger partial charge in [0.1, 0.15) is 0 Å². The predicted octanol–water partition coefficient (Wildman–Crippen LogP) is 3.68. The van der Waals surface area contributed by atoms with Crippen LogP contribution < -0.4 is 5.73 Å². The summed E-state index contributed by atoms with van der Waals surface area (Å²) in [6.07, 6.45) is 7.85. The van der Waals surface area contributed by atoms with Crippen LogP contribution in [0.15, 0.2) is 12.1 Å². The minimum absolute atomic E-state index is 0.159. The first kappa shape index (κ1) is 14.4. The van der Waals surface area contributed by atoms with Crippen molar-refractivity contribution in [2.75, 3.05) is 18.8 Å². The second kappa shape index (κ2) is 5.36. The quantitative estimate of drug-likeness (QED) is 0.800. The number of nitrogens with zero attached hydrogens (tertiary/aromatic N) is 1. The zero-order chi connectivity index (χ0) is 15.0. The molecule has 0 bridgehead atoms. The summed E-state index contributed by atoms with van der Waals surface area (Å²) in [5.74, 6) is 0.159. The van der Waals surface area contributed by atoms with Gasteiger partial charge in [-0.3, -0.25) is 4.79 Å². The van der Waals surface area contributed by atoms with E-state index in [9.17, 15) is 4.79 Å². The van der Waals surface area contributed by atoms with Crippen molar-refractivity contribution < 1.29 is 4.79 Å². The second-order valence-corrected chi connectivity index (χ2v) is 7.02. The lowest BCUT2D eigenvalue weighted by Crippen LogP contribution is -2.42. The standard InChI is InChI=1S/C18H26N2O/c1-13-11-14(2)16(19)12-15(13)17(21)20-9-7-18(8-10-20)5-3-4-6-18/h11-12H,3-10,19H2,1-2H3. The first-order chi connectivity index (χ1) is 10.0. The molecule has 1 aliphatic heterocycles. The van der Waals surface area contributed by atoms with Gasteiger partial charge in [-0.25, -0.2) is 0 Å². The van der Waals surface area contributed by atoms with Crippen molar-refractivity contribution in [1.29, 1.82) is 0 Å². The number of hydrogen-bond acceptors (Lipinski definition) is 2. The number of rotatable bonds is 1. The molecular weight excluding hydrogens is 260 g/mol. The second-order valence-electron chi connectivity index (χ2n) is 7.02. The summed E-state index contributed by atoms with van der Waals surface area (Å²) in [7, 11) is 0. The molecule has 2 fully saturated rings. The van der Waals surface area contributed by atoms with Gasteiger partial charge in [0.05, 0.1) is 0 Å². The Bertz CT molecular complexity index is 549. The zero-order valence-corrected chi connectivity index (χ0v) is 13.2. The highest BCUT2D eigenvalue weighted by molar-refractivity contribution is 5.96. The Labute approximate surface area is 127 Å². The molecule has 0 atom stereocenters. The Morgan fingerprint density at radius 1 is 1.05 bits per heavy atom. The maximum Gasteiger partial charge on any atom is 0.254 e. The summed E-state index contributed by atoms with van der Waals surface area (Å²) in [4.78, 5) is 14.8. The van der Waals surface area contributed by atoms with Crippen molar-refractivity contribution in [3.63, 3.8) is 0 Å². The fourth-order valence-electron chi connectivity index (χ4n) is 4.08. The number of piperidine rings is 1. The van der Waals surface area contributed by atoms with Crippen molar-refractivity contribution in [2.24, 2.45) is 5.41 Å². The highest BCUT2D eigenvalue weighted by atomic mass is 16.2. The molecule has 21 heavy (non-hydrogen) atoms. The number of anilines is 1. The Morgan fingerprint density at radius 3 is 2.29 bits per heavy atom. The monoisotopic (exact) mass is 286 g/mol. The summed E-state index contributed by atoms with van der Waals surface area (Å²) in [6.45, 7) is 5.81. The number of amides is 1. The Kier molecular flexibility index (Phi) is 3.68. The van der Waals surface area contributed by atoms with E-state index in [1.807, 2.05) is 30.9 Å². The average Bonchev–Trinajstić information content (AvgIpc) is 2.91. The third kappa shape index (κ3) is 2.66. The average molecular weight is 286 g/mol. The van der Waals surface area contributed by atoms with E-state index >= 15 is 0 Å². The van der Waals surface area contributed by atoms with Crippen molar-refractivity contribution in [3.05, 3.63) is 28.8 Å². The molecule has 1 spiro atoms. The number of carbonyl (C=O) groups excluding carboxylic acids is 1. The van der Waals surface area contributed by atoms with Crippen LogP contribution in [0.4, 0.5) is 5.69 Å². The van der Waals surface area contributed by atoms with Crippen molar-refractivity contribution in [1.82, 2.24) is 4.90 Å². The molecule has 1 aromatic carbocycles. The molecule has 0 unspecified atom stereocenters. The normalized spacial score (nSPS) is 21.0. The number of nitrogen functional groups attached to an aromatic ring is 1. The molecule has 1 aromatic rings. The molecule has 3 nitrogen and oxygen atoms in total. The zero-order valence-electron chi connectivity index (χ0n) is 13.2. The number of likely N-dealkylation sites (tertiary alicyclic amines) is 1. The molecule has 3 rings (SSSR count). The fourth-order valence-corrected chi connectivity index (χ4v) is 4.08. The largest absolute Gasteiger partial charge is 0.398 e. The van der Waals surface area contributed by atoms with Crippen LogP contribution in [0, 0.1) is 19.3 Å².